The van der Waals surface area contributed by atoms with E-state index < -0.39 is 0 Å². The molecule has 0 saturated heterocycles. The summed E-state index contributed by atoms with van der Waals surface area (Å²) in [5.74, 6) is 0. The van der Waals surface area contributed by atoms with Gasteiger partial charge in [-0.25, -0.2) is 0 Å². The molecular weight excluding hydrogens is 773 g/mol. The molecule has 2 aromatic heterocycles. The van der Waals surface area contributed by atoms with Crippen molar-refractivity contribution in [2.45, 2.75) is 78.8 Å². The molecule has 64 heavy (non-hydrogen) atoms. The van der Waals surface area contributed by atoms with Crippen LogP contribution in [0.1, 0.15) is 67.9 Å². The number of hydrogen-bond acceptors (Lipinski definition) is 0. The van der Waals surface area contributed by atoms with Gasteiger partial charge in [-0.3, -0.25) is 0 Å². The first-order valence-corrected chi connectivity index (χ1v) is 22.9. The highest BCUT2D eigenvalue weighted by Gasteiger charge is 2.24. The Kier molecular flexibility index (Phi) is 8.92. The Balaban J connectivity index is 1.04. The highest BCUT2D eigenvalue weighted by molar-refractivity contribution is 6.22. The second-order valence-electron chi connectivity index (χ2n) is 21.0. The Morgan fingerprint density at radius 3 is 1.03 bits per heavy atom. The molecule has 0 aliphatic rings. The molecule has 2 heteroatoms. The zero-order chi connectivity index (χ0) is 44.3. The zero-order valence-electron chi connectivity index (χ0n) is 38.6. The molecule has 0 radical (unpaired) electrons. The number of nitrogens with zero attached hydrogens (tertiary/aromatic N) is 2. The Labute approximate surface area is 377 Å². The predicted octanol–water partition coefficient (Wildman–Crippen LogP) is 17.7. The maximum absolute atomic E-state index is 2.48. The van der Waals surface area contributed by atoms with E-state index in [0.717, 1.165) is 0 Å². The van der Waals surface area contributed by atoms with E-state index in [4.69, 9.17) is 0 Å². The highest BCUT2D eigenvalue weighted by Crippen LogP contribution is 2.46. The Bertz CT molecular complexity index is 3630. The summed E-state index contributed by atoms with van der Waals surface area (Å²) in [6, 6.07) is 66.5. The van der Waals surface area contributed by atoms with E-state index in [0.29, 0.717) is 0 Å². The Morgan fingerprint density at radius 2 is 0.609 bits per heavy atom. The van der Waals surface area contributed by atoms with Gasteiger partial charge in [-0.1, -0.05) is 154 Å². The topological polar surface area (TPSA) is 9.86 Å². The molecule has 0 N–H and O–H groups in total. The normalized spacial score (nSPS) is 12.8. The fourth-order valence-electron chi connectivity index (χ4n) is 10.7. The summed E-state index contributed by atoms with van der Waals surface area (Å²) in [4.78, 5) is 0. The molecule has 0 saturated carbocycles. The quantitative estimate of drug-likeness (QED) is 0.156. The van der Waals surface area contributed by atoms with Crippen LogP contribution >= 0.6 is 0 Å². The van der Waals surface area contributed by atoms with Gasteiger partial charge in [0, 0.05) is 54.7 Å². The fourth-order valence-corrected chi connectivity index (χ4v) is 10.7. The van der Waals surface area contributed by atoms with Crippen molar-refractivity contribution in [3.63, 3.8) is 0 Å². The van der Waals surface area contributed by atoms with Crippen molar-refractivity contribution in [3.8, 4) is 44.5 Å². The fraction of sp³-hybridized carbons (Fsp3) is 0.194. The monoisotopic (exact) mass is 828 g/mol. The third kappa shape index (κ3) is 6.37. The standard InChI is InChI=1S/C62H56N2/c1-60(2,3)45-32-33-50-53(38-45)59(42-28-24-40(25-29-42)44-31-35-57-52(37-44)47-17-13-15-21-55(47)64(57)62(7,8)9)49-19-11-10-18-48(49)58(50)41-26-22-39(23-27-41)43-30-34-56-51(36-43)46-16-12-14-20-54(46)63(56)61(4,5)6/h10-38H,1-9H3. The van der Waals surface area contributed by atoms with Crippen LogP contribution in [0, 0.1) is 0 Å². The second-order valence-corrected chi connectivity index (χ2v) is 21.0. The molecule has 314 valence electrons. The average Bonchev–Trinajstić information content (AvgIpc) is 3.81. The first-order chi connectivity index (χ1) is 30.6. The van der Waals surface area contributed by atoms with E-state index in [2.05, 4.69) is 247 Å². The summed E-state index contributed by atoms with van der Waals surface area (Å²) in [7, 11) is 0. The molecule has 0 bridgehead atoms. The molecule has 0 unspecified atom stereocenters. The largest absolute Gasteiger partial charge is 0.335 e. The van der Waals surface area contributed by atoms with Gasteiger partial charge in [0.2, 0.25) is 0 Å². The lowest BCUT2D eigenvalue weighted by atomic mass is 9.81. The van der Waals surface area contributed by atoms with Crippen molar-refractivity contribution in [3.05, 3.63) is 181 Å². The lowest BCUT2D eigenvalue weighted by Gasteiger charge is -2.24. The molecule has 0 atom stereocenters. The van der Waals surface area contributed by atoms with Crippen molar-refractivity contribution in [2.75, 3.05) is 0 Å². The molecule has 11 aromatic rings. The summed E-state index contributed by atoms with van der Waals surface area (Å²) in [5, 5.41) is 10.3. The molecule has 0 amide bonds. The molecule has 9 aromatic carbocycles. The lowest BCUT2D eigenvalue weighted by Crippen LogP contribution is -2.21. The van der Waals surface area contributed by atoms with Crippen LogP contribution in [-0.4, -0.2) is 9.13 Å². The van der Waals surface area contributed by atoms with Crippen molar-refractivity contribution in [2.24, 2.45) is 0 Å². The van der Waals surface area contributed by atoms with E-state index in [1.165, 1.54) is 115 Å². The van der Waals surface area contributed by atoms with Crippen LogP contribution in [-0.2, 0) is 16.5 Å². The van der Waals surface area contributed by atoms with E-state index >= 15 is 0 Å². The van der Waals surface area contributed by atoms with Crippen molar-refractivity contribution < 1.29 is 0 Å². The van der Waals surface area contributed by atoms with Gasteiger partial charge in [-0.2, -0.15) is 0 Å². The van der Waals surface area contributed by atoms with Gasteiger partial charge in [-0.05, 0) is 161 Å². The van der Waals surface area contributed by atoms with Crippen LogP contribution in [0.4, 0.5) is 0 Å². The molecule has 0 fully saturated rings. The summed E-state index contributed by atoms with van der Waals surface area (Å²) in [6.45, 7) is 20.7. The maximum Gasteiger partial charge on any atom is 0.0496 e. The van der Waals surface area contributed by atoms with Crippen LogP contribution in [0.5, 0.6) is 0 Å². The van der Waals surface area contributed by atoms with Crippen LogP contribution in [0.15, 0.2) is 176 Å². The first-order valence-electron chi connectivity index (χ1n) is 22.9. The Morgan fingerprint density at radius 1 is 0.266 bits per heavy atom. The van der Waals surface area contributed by atoms with Crippen molar-refractivity contribution in [1.29, 1.82) is 0 Å². The number of hydrogen-bond donors (Lipinski definition) is 0. The molecule has 0 aliphatic heterocycles. The van der Waals surface area contributed by atoms with E-state index in [9.17, 15) is 0 Å². The van der Waals surface area contributed by atoms with E-state index in [1.54, 1.807) is 0 Å². The minimum absolute atomic E-state index is 0.00217. The van der Waals surface area contributed by atoms with Crippen LogP contribution in [0.25, 0.3) is 110 Å². The van der Waals surface area contributed by atoms with Crippen LogP contribution < -0.4 is 0 Å². The van der Waals surface area contributed by atoms with E-state index in [-0.39, 0.29) is 16.5 Å². The van der Waals surface area contributed by atoms with Crippen LogP contribution in [0.3, 0.4) is 0 Å². The summed E-state index contributed by atoms with van der Waals surface area (Å²) < 4.78 is 4.97. The zero-order valence-corrected chi connectivity index (χ0v) is 38.6. The van der Waals surface area contributed by atoms with Gasteiger partial charge >= 0.3 is 0 Å². The third-order valence-electron chi connectivity index (χ3n) is 13.6. The summed E-state index contributed by atoms with van der Waals surface area (Å²) in [5.41, 5.74) is 16.3. The van der Waals surface area contributed by atoms with Crippen molar-refractivity contribution in [1.82, 2.24) is 9.13 Å². The predicted molar refractivity (Wildman–Crippen MR) is 278 cm³/mol. The van der Waals surface area contributed by atoms with Crippen LogP contribution in [0.2, 0.25) is 0 Å². The SMILES string of the molecule is CC(C)(C)c1ccc2c(-c3ccc(-c4ccc5c(c4)c4ccccc4n5C(C)(C)C)cc3)c3ccccc3c(-c3ccc(-c4ccc5c(c4)c4ccccc4n5C(C)(C)C)cc3)c2c1. The number of aromatic nitrogens is 2. The number of benzene rings is 9. The molecular formula is C62H56N2. The third-order valence-corrected chi connectivity index (χ3v) is 13.6. The smallest absolute Gasteiger partial charge is 0.0496 e. The highest BCUT2D eigenvalue weighted by atomic mass is 15.1. The number of para-hydroxylation sites is 2. The van der Waals surface area contributed by atoms with Gasteiger partial charge in [-0.15, -0.1) is 0 Å². The molecule has 0 spiro atoms. The summed E-state index contributed by atoms with van der Waals surface area (Å²) in [6.07, 6.45) is 0. The molecule has 2 nitrogen and oxygen atoms in total. The van der Waals surface area contributed by atoms with Crippen molar-refractivity contribution >= 4 is 65.2 Å². The summed E-state index contributed by atoms with van der Waals surface area (Å²) >= 11 is 0. The number of rotatable bonds is 4. The van der Waals surface area contributed by atoms with Gasteiger partial charge in [0.05, 0.1) is 0 Å². The maximum atomic E-state index is 2.48. The number of fused-ring (bicyclic) bond motifs is 8. The van der Waals surface area contributed by atoms with Gasteiger partial charge < -0.3 is 9.13 Å². The van der Waals surface area contributed by atoms with E-state index in [1.807, 2.05) is 0 Å². The Hall–Kier alpha value is -6.90. The molecule has 2 heterocycles. The minimum atomic E-state index is -0.0342. The first kappa shape index (κ1) is 39.9. The van der Waals surface area contributed by atoms with Gasteiger partial charge in [0.25, 0.3) is 0 Å². The second kappa shape index (κ2) is 14.3. The van der Waals surface area contributed by atoms with Gasteiger partial charge in [0.1, 0.15) is 0 Å². The lowest BCUT2D eigenvalue weighted by molar-refractivity contribution is 0.423. The molecule has 11 rings (SSSR count). The minimum Gasteiger partial charge on any atom is -0.335 e. The average molecular weight is 829 g/mol. The van der Waals surface area contributed by atoms with Gasteiger partial charge in [0.15, 0.2) is 0 Å². The molecule has 0 aliphatic carbocycles.